The van der Waals surface area contributed by atoms with Gasteiger partial charge in [0.05, 0.1) is 5.41 Å². The molecule has 4 rings (SSSR count). The van der Waals surface area contributed by atoms with E-state index in [1.54, 1.807) is 0 Å². The van der Waals surface area contributed by atoms with Crippen LogP contribution in [0.15, 0.2) is 30.3 Å². The number of nitrogens with zero attached hydrogens (tertiary/aromatic N) is 2. The third kappa shape index (κ3) is 3.63. The molecule has 146 valence electrons. The number of likely N-dealkylation sites (tertiary alicyclic amines) is 2. The number of piperidine rings is 2. The molecular formula is C23H32N2O2. The van der Waals surface area contributed by atoms with Crippen molar-refractivity contribution in [3.8, 4) is 0 Å². The summed E-state index contributed by atoms with van der Waals surface area (Å²) in [5.41, 5.74) is 0.944. The van der Waals surface area contributed by atoms with Gasteiger partial charge in [0.1, 0.15) is 0 Å². The normalized spacial score (nSPS) is 28.7. The third-order valence-corrected chi connectivity index (χ3v) is 7.02. The summed E-state index contributed by atoms with van der Waals surface area (Å²) in [6.07, 6.45) is 9.86. The van der Waals surface area contributed by atoms with Crippen LogP contribution in [0.5, 0.6) is 0 Å². The van der Waals surface area contributed by atoms with Crippen molar-refractivity contribution in [2.75, 3.05) is 19.6 Å². The molecule has 1 aliphatic carbocycles. The van der Waals surface area contributed by atoms with Crippen LogP contribution in [0, 0.1) is 5.41 Å². The van der Waals surface area contributed by atoms with Crippen LogP contribution in [-0.2, 0) is 16.0 Å². The lowest BCUT2D eigenvalue weighted by Crippen LogP contribution is -2.62. The summed E-state index contributed by atoms with van der Waals surface area (Å²) in [6.45, 7) is 2.55. The van der Waals surface area contributed by atoms with Crippen molar-refractivity contribution in [2.45, 2.75) is 70.3 Å². The lowest BCUT2D eigenvalue weighted by molar-refractivity contribution is -0.162. The van der Waals surface area contributed by atoms with Crippen molar-refractivity contribution >= 4 is 11.8 Å². The van der Waals surface area contributed by atoms with Crippen molar-refractivity contribution in [1.82, 2.24) is 9.80 Å². The molecule has 4 nitrogen and oxygen atoms in total. The second-order valence-corrected chi connectivity index (χ2v) is 8.59. The molecular weight excluding hydrogens is 336 g/mol. The van der Waals surface area contributed by atoms with Crippen LogP contribution in [-0.4, -0.2) is 47.3 Å². The maximum absolute atomic E-state index is 13.6. The van der Waals surface area contributed by atoms with Gasteiger partial charge in [-0.2, -0.15) is 0 Å². The Morgan fingerprint density at radius 2 is 1.78 bits per heavy atom. The first kappa shape index (κ1) is 18.5. The molecule has 0 spiro atoms. The Morgan fingerprint density at radius 1 is 1.00 bits per heavy atom. The first-order valence-corrected chi connectivity index (χ1v) is 10.8. The predicted octanol–water partition coefficient (Wildman–Crippen LogP) is 3.79. The number of carbonyl (C=O) groups is 2. The minimum absolute atomic E-state index is 0.102. The maximum Gasteiger partial charge on any atom is 0.230 e. The number of benzene rings is 1. The SMILES string of the molecule is O=C1CC[C@]2(C(=O)N3CCCCC3)CCCC[C@H]2N1CCc1ccccc1. The van der Waals surface area contributed by atoms with Crippen LogP contribution in [0.3, 0.4) is 0 Å². The molecule has 0 unspecified atom stereocenters. The summed E-state index contributed by atoms with van der Waals surface area (Å²) in [5.74, 6) is 0.601. The predicted molar refractivity (Wildman–Crippen MR) is 106 cm³/mol. The average Bonchev–Trinajstić information content (AvgIpc) is 2.74. The maximum atomic E-state index is 13.6. The van der Waals surface area contributed by atoms with Crippen molar-refractivity contribution in [3.05, 3.63) is 35.9 Å². The standard InChI is InChI=1S/C23H32N2O2/c26-21-12-15-23(22(27)24-16-7-2-8-17-24)14-6-5-11-20(23)25(21)18-13-19-9-3-1-4-10-19/h1,3-4,9-10,20H,2,5-8,11-18H2/t20-,23-/m1/s1. The Bertz CT molecular complexity index is 668. The highest BCUT2D eigenvalue weighted by atomic mass is 16.2. The van der Waals surface area contributed by atoms with E-state index in [2.05, 4.69) is 34.1 Å². The zero-order chi connectivity index (χ0) is 18.7. The Kier molecular flexibility index (Phi) is 5.51. The van der Waals surface area contributed by atoms with E-state index in [0.29, 0.717) is 12.3 Å². The van der Waals surface area contributed by atoms with E-state index < -0.39 is 0 Å². The molecule has 3 aliphatic rings. The monoisotopic (exact) mass is 368 g/mol. The van der Waals surface area contributed by atoms with Crippen molar-refractivity contribution in [1.29, 1.82) is 0 Å². The fourth-order valence-corrected chi connectivity index (χ4v) is 5.56. The van der Waals surface area contributed by atoms with Crippen LogP contribution in [0.2, 0.25) is 0 Å². The van der Waals surface area contributed by atoms with Gasteiger partial charge in [0.2, 0.25) is 11.8 Å². The topological polar surface area (TPSA) is 40.6 Å². The molecule has 2 heterocycles. The molecule has 0 radical (unpaired) electrons. The minimum atomic E-state index is -0.319. The molecule has 1 saturated carbocycles. The summed E-state index contributed by atoms with van der Waals surface area (Å²) in [7, 11) is 0. The van der Waals surface area contributed by atoms with Gasteiger partial charge in [-0.25, -0.2) is 0 Å². The summed E-state index contributed by atoms with van der Waals surface area (Å²) < 4.78 is 0. The fourth-order valence-electron chi connectivity index (χ4n) is 5.56. The highest BCUT2D eigenvalue weighted by molar-refractivity contribution is 5.88. The molecule has 1 aromatic rings. The lowest BCUT2D eigenvalue weighted by atomic mass is 9.63. The molecule has 0 aromatic heterocycles. The summed E-state index contributed by atoms with van der Waals surface area (Å²) >= 11 is 0. The van der Waals surface area contributed by atoms with Gasteiger partial charge in [0.15, 0.2) is 0 Å². The number of fused-ring (bicyclic) bond motifs is 1. The Hall–Kier alpha value is -1.84. The quantitative estimate of drug-likeness (QED) is 0.811. The fraction of sp³-hybridized carbons (Fsp3) is 0.652. The molecule has 0 bridgehead atoms. The summed E-state index contributed by atoms with van der Waals surface area (Å²) in [6, 6.07) is 10.5. The smallest absolute Gasteiger partial charge is 0.230 e. The van der Waals surface area contributed by atoms with Gasteiger partial charge in [-0.3, -0.25) is 9.59 Å². The molecule has 1 aromatic carbocycles. The Balaban J connectivity index is 1.54. The molecule has 2 saturated heterocycles. The summed E-state index contributed by atoms with van der Waals surface area (Å²) in [5, 5.41) is 0. The molecule has 3 fully saturated rings. The highest BCUT2D eigenvalue weighted by Gasteiger charge is 2.54. The van der Waals surface area contributed by atoms with Gasteiger partial charge < -0.3 is 9.80 Å². The average molecular weight is 369 g/mol. The molecule has 2 atom stereocenters. The molecule has 2 amide bonds. The van der Waals surface area contributed by atoms with Crippen LogP contribution < -0.4 is 0 Å². The largest absolute Gasteiger partial charge is 0.342 e. The van der Waals surface area contributed by atoms with Crippen LogP contribution in [0.1, 0.15) is 63.4 Å². The first-order valence-electron chi connectivity index (χ1n) is 10.8. The molecule has 27 heavy (non-hydrogen) atoms. The van der Waals surface area contributed by atoms with Gasteiger partial charge in [-0.15, -0.1) is 0 Å². The number of carbonyl (C=O) groups excluding carboxylic acids is 2. The number of amides is 2. The second kappa shape index (κ2) is 8.04. The van der Waals surface area contributed by atoms with E-state index in [9.17, 15) is 9.59 Å². The van der Waals surface area contributed by atoms with E-state index in [4.69, 9.17) is 0 Å². The van der Waals surface area contributed by atoms with Gasteiger partial charge in [-0.05, 0) is 50.5 Å². The van der Waals surface area contributed by atoms with Gasteiger partial charge in [0.25, 0.3) is 0 Å². The van der Waals surface area contributed by atoms with Crippen molar-refractivity contribution < 1.29 is 9.59 Å². The van der Waals surface area contributed by atoms with Gasteiger partial charge in [0, 0.05) is 32.1 Å². The molecule has 0 N–H and O–H groups in total. The van der Waals surface area contributed by atoms with Crippen LogP contribution in [0.4, 0.5) is 0 Å². The van der Waals surface area contributed by atoms with Crippen molar-refractivity contribution in [2.24, 2.45) is 5.41 Å². The molecule has 4 heteroatoms. The van der Waals surface area contributed by atoms with E-state index in [0.717, 1.165) is 71.0 Å². The zero-order valence-corrected chi connectivity index (χ0v) is 16.4. The number of rotatable bonds is 4. The van der Waals surface area contributed by atoms with E-state index >= 15 is 0 Å². The van der Waals surface area contributed by atoms with E-state index in [1.807, 2.05) is 6.07 Å². The number of hydrogen-bond acceptors (Lipinski definition) is 2. The van der Waals surface area contributed by atoms with Gasteiger partial charge in [-0.1, -0.05) is 43.2 Å². The Morgan fingerprint density at radius 3 is 2.56 bits per heavy atom. The third-order valence-electron chi connectivity index (χ3n) is 7.02. The van der Waals surface area contributed by atoms with E-state index in [1.165, 1.54) is 12.0 Å². The zero-order valence-electron chi connectivity index (χ0n) is 16.4. The lowest BCUT2D eigenvalue weighted by Gasteiger charge is -2.53. The van der Waals surface area contributed by atoms with Crippen LogP contribution >= 0.6 is 0 Å². The highest BCUT2D eigenvalue weighted by Crippen LogP contribution is 2.48. The van der Waals surface area contributed by atoms with E-state index in [-0.39, 0.29) is 17.4 Å². The van der Waals surface area contributed by atoms with Crippen molar-refractivity contribution in [3.63, 3.8) is 0 Å². The number of hydrogen-bond donors (Lipinski definition) is 0. The molecule has 2 aliphatic heterocycles. The Labute approximate surface area is 162 Å². The summed E-state index contributed by atoms with van der Waals surface area (Å²) in [4.78, 5) is 30.6. The second-order valence-electron chi connectivity index (χ2n) is 8.59. The first-order chi connectivity index (χ1) is 13.2. The van der Waals surface area contributed by atoms with Gasteiger partial charge >= 0.3 is 0 Å². The minimum Gasteiger partial charge on any atom is -0.342 e. The van der Waals surface area contributed by atoms with Crippen LogP contribution in [0.25, 0.3) is 0 Å².